The molecule has 0 unspecified atom stereocenters. The minimum atomic E-state index is -2.11. The van der Waals surface area contributed by atoms with Crippen LogP contribution in [0.4, 0.5) is 0 Å². The van der Waals surface area contributed by atoms with Crippen molar-refractivity contribution in [2.24, 2.45) is 0 Å². The fourth-order valence-electron chi connectivity index (χ4n) is 10.0. The summed E-state index contributed by atoms with van der Waals surface area (Å²) in [4.78, 5) is 21.7. The summed E-state index contributed by atoms with van der Waals surface area (Å²) in [5.41, 5.74) is 14.9. The van der Waals surface area contributed by atoms with Crippen LogP contribution in [-0.2, 0) is 47.9 Å². The predicted molar refractivity (Wildman–Crippen MR) is 333 cm³/mol. The first kappa shape index (κ1) is 65.4. The van der Waals surface area contributed by atoms with Gasteiger partial charge in [-0.1, -0.05) is 152 Å². The van der Waals surface area contributed by atoms with Gasteiger partial charge in [-0.25, -0.2) is 9.97 Å². The van der Waals surface area contributed by atoms with Crippen LogP contribution in [0.15, 0.2) is 77.3 Å². The average Bonchev–Trinajstić information content (AvgIpc) is 4.36. The number of hydrogen-bond acceptors (Lipinski definition) is 10. The quantitative estimate of drug-likeness (QED) is 0.0209. The van der Waals surface area contributed by atoms with Crippen molar-refractivity contribution in [3.05, 3.63) is 106 Å². The summed E-state index contributed by atoms with van der Waals surface area (Å²) in [6, 6.07) is 28.3. The molecule has 3 aromatic heterocycles. The Kier molecular flexibility index (Phi) is 29.7. The Morgan fingerprint density at radius 3 is 1.35 bits per heavy atom. The first-order valence-electron chi connectivity index (χ1n) is 29.4. The summed E-state index contributed by atoms with van der Waals surface area (Å²) in [5, 5.41) is 0. The minimum Gasteiger partial charge on any atom is -0.656 e. The number of fused-ring (bicyclic) bond motifs is 8. The van der Waals surface area contributed by atoms with Gasteiger partial charge in [-0.3, -0.25) is 0 Å². The molecular weight excluding hydrogens is 1150 g/mol. The second kappa shape index (κ2) is 36.8. The van der Waals surface area contributed by atoms with Gasteiger partial charge in [-0.15, -0.1) is 27.6 Å². The maximum Gasteiger partial charge on any atom is 2.00 e. The third kappa shape index (κ3) is 20.5. The number of hydrogen-bond donors (Lipinski definition) is 0. The SMILES string of the molecule is CCCCCC[Si](C#Cc1c2nc(c(-c3cccc(OCCOCCOCCOC)c3)c3ccc([n-]3)c(Br)c3nc(c(-c4cccc(OCCOCCOCCOC)c4)c4ccc1[n-]4)C=C3)C=C2)(CCCCCC)CCCCCC.[Zn+2]. The first-order chi connectivity index (χ1) is 39.4. The molecule has 0 fully saturated rings. The van der Waals surface area contributed by atoms with Crippen LogP contribution in [0.2, 0.25) is 18.1 Å². The van der Waals surface area contributed by atoms with Crippen molar-refractivity contribution >= 4 is 70.4 Å². The van der Waals surface area contributed by atoms with Gasteiger partial charge >= 0.3 is 19.5 Å². The van der Waals surface area contributed by atoms with Gasteiger partial charge in [-0.05, 0) is 105 Å². The number of methoxy groups -OCH3 is 2. The molecule has 2 aromatic carbocycles. The van der Waals surface area contributed by atoms with Gasteiger partial charge in [0.05, 0.1) is 88.8 Å². The molecule has 0 atom stereocenters. The summed E-state index contributed by atoms with van der Waals surface area (Å²) in [6.45, 7) is 12.7. The molecule has 0 saturated heterocycles. The van der Waals surface area contributed by atoms with Crippen molar-refractivity contribution in [2.75, 3.05) is 93.5 Å². The molecule has 15 heteroatoms. The maximum absolute atomic E-state index is 6.29. The first-order valence-corrected chi connectivity index (χ1v) is 32.8. The van der Waals surface area contributed by atoms with E-state index in [1.165, 1.54) is 95.2 Å². The van der Waals surface area contributed by atoms with E-state index in [9.17, 15) is 0 Å². The fourth-order valence-corrected chi connectivity index (χ4v) is 14.8. The van der Waals surface area contributed by atoms with Gasteiger partial charge in [0.15, 0.2) is 0 Å². The molecule has 0 spiro atoms. The molecule has 0 radical (unpaired) electrons. The maximum atomic E-state index is 6.29. The van der Waals surface area contributed by atoms with E-state index in [1.807, 2.05) is 36.4 Å². The number of rotatable bonds is 37. The monoisotopic (exact) mass is 1230 g/mol. The Bertz CT molecular complexity index is 2890. The van der Waals surface area contributed by atoms with Crippen LogP contribution in [-0.4, -0.2) is 112 Å². The molecule has 81 heavy (non-hydrogen) atoms. The van der Waals surface area contributed by atoms with E-state index in [2.05, 4.69) is 109 Å². The second-order valence-electron chi connectivity index (χ2n) is 20.5. The molecule has 8 bridgehead atoms. The van der Waals surface area contributed by atoms with Gasteiger partial charge in [0.25, 0.3) is 0 Å². The van der Waals surface area contributed by atoms with Crippen molar-refractivity contribution < 1.29 is 57.4 Å². The third-order valence-electron chi connectivity index (χ3n) is 14.4. The van der Waals surface area contributed by atoms with E-state index in [0.717, 1.165) is 88.6 Å². The zero-order valence-corrected chi connectivity index (χ0v) is 54.5. The van der Waals surface area contributed by atoms with Crippen LogP contribution in [0.1, 0.15) is 126 Å². The van der Waals surface area contributed by atoms with Gasteiger partial charge in [0, 0.05) is 24.3 Å². The van der Waals surface area contributed by atoms with Crippen molar-refractivity contribution in [1.82, 2.24) is 19.9 Å². The Labute approximate surface area is 504 Å². The molecule has 0 amide bonds. The molecule has 2 aliphatic heterocycles. The summed E-state index contributed by atoms with van der Waals surface area (Å²) in [6.07, 6.45) is 23.2. The number of nitrogens with zero attached hydrogens (tertiary/aromatic N) is 4. The molecular formula is C66H85BrN4O8SiZn. The van der Waals surface area contributed by atoms with Crippen LogP contribution >= 0.6 is 15.9 Å². The van der Waals surface area contributed by atoms with Crippen LogP contribution in [0, 0.1) is 11.5 Å². The second-order valence-corrected chi connectivity index (χ2v) is 25.6. The molecule has 5 heterocycles. The van der Waals surface area contributed by atoms with Crippen LogP contribution < -0.4 is 19.4 Å². The van der Waals surface area contributed by atoms with Gasteiger partial charge in [0.2, 0.25) is 0 Å². The van der Waals surface area contributed by atoms with Crippen LogP contribution in [0.25, 0.3) is 68.6 Å². The molecule has 7 rings (SSSR count). The molecule has 5 aromatic rings. The normalized spacial score (nSPS) is 11.9. The van der Waals surface area contributed by atoms with Gasteiger partial charge < -0.3 is 47.9 Å². The predicted octanol–water partition coefficient (Wildman–Crippen LogP) is 15.2. The summed E-state index contributed by atoms with van der Waals surface area (Å²) >= 11 is 3.94. The van der Waals surface area contributed by atoms with Crippen LogP contribution in [0.5, 0.6) is 11.5 Å². The molecule has 2 aliphatic rings. The Hall–Kier alpha value is -4.72. The standard InChI is InChI=1S/C66H85BrN4O8Si.Zn/c1-6-9-12-15-45-80(46-16-13-10-7-2,47-17-14-11-8-3)48-32-55-56-24-26-58(68-56)64(51-20-18-22-53(49-51)78-43-41-76-39-37-74-35-33-72-4)60-28-30-62(70-60)66(67)63-31-29-61(71-63)65(59-27-25-57(55)69-59)52-21-19-23-54(50-52)79-44-42-77-40-38-75-36-34-73-5;/h18-31,49-50H,6-17,33-47H2,1-5H3;/q-2;+2. The van der Waals surface area contributed by atoms with E-state index < -0.39 is 8.07 Å². The smallest absolute Gasteiger partial charge is 0.656 e. The number of aromatic nitrogens is 4. The molecule has 12 nitrogen and oxygen atoms in total. The summed E-state index contributed by atoms with van der Waals surface area (Å²) in [5.74, 6) is 5.41. The van der Waals surface area contributed by atoms with Crippen molar-refractivity contribution in [1.29, 1.82) is 0 Å². The fraction of sp³-hybridized carbons (Fsp3) is 0.485. The number of halogens is 1. The van der Waals surface area contributed by atoms with E-state index in [4.69, 9.17) is 57.8 Å². The summed E-state index contributed by atoms with van der Waals surface area (Å²) in [7, 11) is 1.22. The van der Waals surface area contributed by atoms with E-state index in [-0.39, 0.29) is 19.5 Å². The largest absolute Gasteiger partial charge is 2.00 e. The average molecular weight is 1240 g/mol. The summed E-state index contributed by atoms with van der Waals surface area (Å²) < 4.78 is 46.2. The zero-order chi connectivity index (χ0) is 56.0. The zero-order valence-electron chi connectivity index (χ0n) is 49.0. The van der Waals surface area contributed by atoms with Gasteiger partial charge in [0.1, 0.15) is 32.8 Å². The van der Waals surface area contributed by atoms with Crippen molar-refractivity contribution in [3.63, 3.8) is 0 Å². The molecule has 0 aliphatic carbocycles. The molecule has 0 saturated carbocycles. The van der Waals surface area contributed by atoms with E-state index in [1.54, 1.807) is 14.2 Å². The van der Waals surface area contributed by atoms with Crippen molar-refractivity contribution in [2.45, 2.75) is 116 Å². The Morgan fingerprint density at radius 1 is 0.457 bits per heavy atom. The minimum absolute atomic E-state index is 0. The molecule has 430 valence electrons. The van der Waals surface area contributed by atoms with E-state index >= 15 is 0 Å². The van der Waals surface area contributed by atoms with Gasteiger partial charge in [-0.2, -0.15) is 0 Å². The number of unbranched alkanes of at least 4 members (excludes halogenated alkanes) is 9. The topological polar surface area (TPSA) is 128 Å². The van der Waals surface area contributed by atoms with Crippen LogP contribution in [0.3, 0.4) is 0 Å². The Morgan fingerprint density at radius 2 is 0.864 bits per heavy atom. The number of ether oxygens (including phenoxy) is 8. The number of benzene rings is 2. The molecule has 0 N–H and O–H groups in total. The Balaban J connectivity index is 0.0000106. The van der Waals surface area contributed by atoms with E-state index in [0.29, 0.717) is 79.3 Å². The third-order valence-corrected chi connectivity index (χ3v) is 19.8. The van der Waals surface area contributed by atoms with Crippen molar-refractivity contribution in [3.8, 4) is 45.2 Å².